The zero-order valence-corrected chi connectivity index (χ0v) is 15.1. The number of rotatable bonds is 5. The number of hydrogen-bond acceptors (Lipinski definition) is 3. The zero-order valence-electron chi connectivity index (χ0n) is 14.3. The molecule has 0 spiro atoms. The Labute approximate surface area is 160 Å². The Kier molecular flexibility index (Phi) is 4.59. The Morgan fingerprint density at radius 2 is 2.00 bits per heavy atom. The summed E-state index contributed by atoms with van der Waals surface area (Å²) in [5.74, 6) is -1.17. The first-order valence-electron chi connectivity index (χ1n) is 8.63. The van der Waals surface area contributed by atoms with Crippen molar-refractivity contribution in [2.24, 2.45) is 0 Å². The number of aromatic nitrogens is 1. The maximum absolute atomic E-state index is 12.8. The van der Waals surface area contributed by atoms with Crippen LogP contribution in [0.25, 0.3) is 10.9 Å². The number of aromatic amines is 1. The van der Waals surface area contributed by atoms with Crippen molar-refractivity contribution in [1.29, 1.82) is 0 Å². The second-order valence-electron chi connectivity index (χ2n) is 6.65. The van der Waals surface area contributed by atoms with Crippen LogP contribution in [0.3, 0.4) is 0 Å². The van der Waals surface area contributed by atoms with Crippen LogP contribution in [0, 0.1) is 0 Å². The lowest BCUT2D eigenvalue weighted by molar-refractivity contribution is -0.136. The standard InChI is InChI=1S/C20H18ClN3O3/c21-13-5-6-15-12(7-13)9-17(23-15)20(27)24-16-8-11-3-1-2-4-14(11)19(16)22-10-18(25)26/h1-7,9,16,19,22-23H,8,10H2,(H,24,27)(H,25,26)/t16-,19+/m1/s1. The number of benzene rings is 2. The molecule has 0 fully saturated rings. The highest BCUT2D eigenvalue weighted by molar-refractivity contribution is 6.31. The Balaban J connectivity index is 1.56. The highest BCUT2D eigenvalue weighted by Gasteiger charge is 2.33. The molecule has 1 aromatic heterocycles. The number of aliphatic carboxylic acids is 1. The van der Waals surface area contributed by atoms with Gasteiger partial charge < -0.3 is 15.4 Å². The van der Waals surface area contributed by atoms with E-state index in [1.807, 2.05) is 30.3 Å². The number of carbonyl (C=O) groups excluding carboxylic acids is 1. The molecule has 0 saturated heterocycles. The molecule has 3 aromatic rings. The van der Waals surface area contributed by atoms with Crippen LogP contribution in [0.4, 0.5) is 0 Å². The first-order chi connectivity index (χ1) is 13.0. The van der Waals surface area contributed by atoms with Crippen LogP contribution in [0.2, 0.25) is 5.02 Å². The van der Waals surface area contributed by atoms with Crippen LogP contribution >= 0.6 is 11.6 Å². The van der Waals surface area contributed by atoms with Crippen molar-refractivity contribution in [1.82, 2.24) is 15.6 Å². The summed E-state index contributed by atoms with van der Waals surface area (Å²) in [6, 6.07) is 14.5. The van der Waals surface area contributed by atoms with Crippen molar-refractivity contribution in [2.45, 2.75) is 18.5 Å². The van der Waals surface area contributed by atoms with Crippen molar-refractivity contribution in [3.63, 3.8) is 0 Å². The van der Waals surface area contributed by atoms with E-state index >= 15 is 0 Å². The number of fused-ring (bicyclic) bond motifs is 2. The maximum atomic E-state index is 12.8. The fourth-order valence-electron chi connectivity index (χ4n) is 3.65. The lowest BCUT2D eigenvalue weighted by Crippen LogP contribution is -2.44. The van der Waals surface area contributed by atoms with Crippen LogP contribution < -0.4 is 10.6 Å². The molecule has 0 aliphatic heterocycles. The summed E-state index contributed by atoms with van der Waals surface area (Å²) in [5.41, 5.74) is 3.40. The molecule has 6 nitrogen and oxygen atoms in total. The third-order valence-electron chi connectivity index (χ3n) is 4.85. The summed E-state index contributed by atoms with van der Waals surface area (Å²) in [6.45, 7) is -0.170. The van der Waals surface area contributed by atoms with E-state index in [1.165, 1.54) is 0 Å². The molecule has 4 N–H and O–H groups in total. The van der Waals surface area contributed by atoms with E-state index in [0.29, 0.717) is 17.1 Å². The largest absolute Gasteiger partial charge is 0.480 e. The van der Waals surface area contributed by atoms with Crippen molar-refractivity contribution in [3.05, 3.63) is 70.4 Å². The van der Waals surface area contributed by atoms with Crippen LogP contribution in [-0.4, -0.2) is 34.6 Å². The van der Waals surface area contributed by atoms with Gasteiger partial charge in [0.25, 0.3) is 5.91 Å². The fourth-order valence-corrected chi connectivity index (χ4v) is 3.83. The van der Waals surface area contributed by atoms with Gasteiger partial charge in [-0.25, -0.2) is 0 Å². The number of carboxylic acids is 1. The van der Waals surface area contributed by atoms with Gasteiger partial charge in [-0.05, 0) is 41.8 Å². The highest BCUT2D eigenvalue weighted by atomic mass is 35.5. The second-order valence-corrected chi connectivity index (χ2v) is 7.09. The molecule has 27 heavy (non-hydrogen) atoms. The zero-order chi connectivity index (χ0) is 19.0. The first-order valence-corrected chi connectivity index (χ1v) is 9.01. The van der Waals surface area contributed by atoms with E-state index in [-0.39, 0.29) is 24.5 Å². The van der Waals surface area contributed by atoms with Crippen molar-refractivity contribution in [3.8, 4) is 0 Å². The van der Waals surface area contributed by atoms with Crippen molar-refractivity contribution < 1.29 is 14.7 Å². The van der Waals surface area contributed by atoms with Gasteiger partial charge >= 0.3 is 5.97 Å². The van der Waals surface area contributed by atoms with Gasteiger partial charge in [0.05, 0.1) is 18.6 Å². The van der Waals surface area contributed by atoms with Crippen LogP contribution in [0.5, 0.6) is 0 Å². The maximum Gasteiger partial charge on any atom is 0.317 e. The molecule has 1 heterocycles. The van der Waals surface area contributed by atoms with E-state index in [0.717, 1.165) is 22.0 Å². The Hall–Kier alpha value is -2.83. The number of carboxylic acid groups (broad SMARTS) is 1. The third kappa shape index (κ3) is 3.54. The molecular formula is C20H18ClN3O3. The van der Waals surface area contributed by atoms with Gasteiger partial charge in [-0.2, -0.15) is 0 Å². The summed E-state index contributed by atoms with van der Waals surface area (Å²) >= 11 is 6.01. The predicted octanol–water partition coefficient (Wildman–Crippen LogP) is 2.89. The summed E-state index contributed by atoms with van der Waals surface area (Å²) in [6.07, 6.45) is 0.644. The Morgan fingerprint density at radius 1 is 1.19 bits per heavy atom. The molecule has 2 atom stereocenters. The lowest BCUT2D eigenvalue weighted by Gasteiger charge is -2.22. The molecule has 0 radical (unpaired) electrons. The van der Waals surface area contributed by atoms with Gasteiger partial charge in [0.1, 0.15) is 5.69 Å². The van der Waals surface area contributed by atoms with Crippen LogP contribution in [0.15, 0.2) is 48.5 Å². The van der Waals surface area contributed by atoms with Crippen LogP contribution in [0.1, 0.15) is 27.7 Å². The molecule has 2 aromatic carbocycles. The molecule has 0 unspecified atom stereocenters. The minimum absolute atomic E-state index is 0.170. The molecule has 0 saturated carbocycles. The highest BCUT2D eigenvalue weighted by Crippen LogP contribution is 2.31. The minimum Gasteiger partial charge on any atom is -0.480 e. The van der Waals surface area contributed by atoms with Gasteiger partial charge in [0.15, 0.2) is 0 Å². The number of amides is 1. The summed E-state index contributed by atoms with van der Waals surface area (Å²) in [7, 11) is 0. The molecular weight excluding hydrogens is 366 g/mol. The van der Waals surface area contributed by atoms with E-state index in [2.05, 4.69) is 15.6 Å². The van der Waals surface area contributed by atoms with E-state index in [1.54, 1.807) is 18.2 Å². The quantitative estimate of drug-likeness (QED) is 0.545. The topological polar surface area (TPSA) is 94.2 Å². The number of nitrogens with one attached hydrogen (secondary N) is 3. The van der Waals surface area contributed by atoms with Gasteiger partial charge in [-0.1, -0.05) is 35.9 Å². The normalized spacial score (nSPS) is 18.4. The smallest absolute Gasteiger partial charge is 0.317 e. The summed E-state index contributed by atoms with van der Waals surface area (Å²) in [4.78, 5) is 26.8. The summed E-state index contributed by atoms with van der Waals surface area (Å²) in [5, 5.41) is 16.5. The number of H-pyrrole nitrogens is 1. The Bertz CT molecular complexity index is 1030. The fraction of sp³-hybridized carbons (Fsp3) is 0.200. The number of hydrogen-bond donors (Lipinski definition) is 4. The minimum atomic E-state index is -0.933. The second kappa shape index (κ2) is 7.06. The number of halogens is 1. The average Bonchev–Trinajstić information content (AvgIpc) is 3.20. The molecule has 138 valence electrons. The predicted molar refractivity (Wildman–Crippen MR) is 103 cm³/mol. The molecule has 4 rings (SSSR count). The first kappa shape index (κ1) is 17.6. The van der Waals surface area contributed by atoms with Gasteiger partial charge in [0.2, 0.25) is 0 Å². The molecule has 1 aliphatic rings. The summed E-state index contributed by atoms with van der Waals surface area (Å²) < 4.78 is 0. The SMILES string of the molecule is O=C(O)CN[C@H]1c2ccccc2C[C@H]1NC(=O)c1cc2cc(Cl)ccc2[nH]1. The van der Waals surface area contributed by atoms with Gasteiger partial charge in [-0.3, -0.25) is 14.9 Å². The lowest BCUT2D eigenvalue weighted by atomic mass is 10.1. The average molecular weight is 384 g/mol. The monoisotopic (exact) mass is 383 g/mol. The van der Waals surface area contributed by atoms with E-state index in [9.17, 15) is 9.59 Å². The molecule has 7 heteroatoms. The van der Waals surface area contributed by atoms with E-state index in [4.69, 9.17) is 16.7 Å². The molecule has 1 aliphatic carbocycles. The Morgan fingerprint density at radius 3 is 2.81 bits per heavy atom. The van der Waals surface area contributed by atoms with Gasteiger partial charge in [-0.15, -0.1) is 0 Å². The van der Waals surface area contributed by atoms with Crippen molar-refractivity contribution in [2.75, 3.05) is 6.54 Å². The third-order valence-corrected chi connectivity index (χ3v) is 5.08. The molecule has 1 amide bonds. The van der Waals surface area contributed by atoms with E-state index < -0.39 is 5.97 Å². The van der Waals surface area contributed by atoms with Crippen LogP contribution in [-0.2, 0) is 11.2 Å². The van der Waals surface area contributed by atoms with Gasteiger partial charge in [0, 0.05) is 15.9 Å². The number of carbonyl (C=O) groups is 2. The molecule has 0 bridgehead atoms. The van der Waals surface area contributed by atoms with Crippen molar-refractivity contribution >= 4 is 34.4 Å².